The van der Waals surface area contributed by atoms with E-state index in [1.807, 2.05) is 37.3 Å². The smallest absolute Gasteiger partial charge is 0.325 e. The Morgan fingerprint density at radius 2 is 2.06 bits per heavy atom. The molecular weight excluding hydrogens is 248 g/mol. The number of carbonyl (C=O) groups excluding carboxylic acids is 1. The average molecular weight is 266 g/mol. The zero-order chi connectivity index (χ0) is 13.4. The van der Waals surface area contributed by atoms with Gasteiger partial charge in [0.05, 0.1) is 7.11 Å². The maximum atomic E-state index is 11.4. The Bertz CT molecular complexity index is 395. The van der Waals surface area contributed by atoms with E-state index in [-0.39, 0.29) is 12.5 Å². The first-order valence-electron chi connectivity index (χ1n) is 5.81. The quantitative estimate of drug-likeness (QED) is 0.647. The van der Waals surface area contributed by atoms with Gasteiger partial charge in [-0.05, 0) is 24.7 Å². The topological polar surface area (TPSA) is 41.6 Å². The zero-order valence-corrected chi connectivity index (χ0v) is 11.5. The van der Waals surface area contributed by atoms with Crippen molar-refractivity contribution in [3.05, 3.63) is 35.9 Å². The number of hydrogen-bond acceptors (Lipinski definition) is 3. The molecule has 0 saturated heterocycles. The number of ether oxygens (including phenoxy) is 1. The van der Waals surface area contributed by atoms with Crippen LogP contribution in [0.3, 0.4) is 0 Å². The van der Waals surface area contributed by atoms with Gasteiger partial charge in [-0.2, -0.15) is 0 Å². The van der Waals surface area contributed by atoms with Gasteiger partial charge in [-0.1, -0.05) is 30.3 Å². The number of rotatable bonds is 5. The van der Waals surface area contributed by atoms with Crippen LogP contribution in [-0.2, 0) is 16.1 Å². The maximum Gasteiger partial charge on any atom is 0.325 e. The van der Waals surface area contributed by atoms with Crippen LogP contribution in [0.5, 0.6) is 0 Å². The molecule has 1 N–H and O–H groups in total. The summed E-state index contributed by atoms with van der Waals surface area (Å²) in [5, 5.41) is 3.61. The van der Waals surface area contributed by atoms with Crippen LogP contribution in [0, 0.1) is 0 Å². The van der Waals surface area contributed by atoms with Crippen molar-refractivity contribution in [1.82, 2.24) is 10.2 Å². The van der Waals surface area contributed by atoms with E-state index in [9.17, 15) is 4.79 Å². The molecule has 0 unspecified atom stereocenters. The second kappa shape index (κ2) is 7.66. The molecule has 0 radical (unpaired) electrons. The molecule has 0 amide bonds. The fraction of sp³-hybridized carbons (Fsp3) is 0.385. The average Bonchev–Trinajstić information content (AvgIpc) is 2.39. The minimum absolute atomic E-state index is 0.150. The third kappa shape index (κ3) is 4.71. The first-order valence-corrected chi connectivity index (χ1v) is 6.21. The predicted molar refractivity (Wildman–Crippen MR) is 75.1 cm³/mol. The van der Waals surface area contributed by atoms with Crippen LogP contribution in [0.15, 0.2) is 30.3 Å². The zero-order valence-electron chi connectivity index (χ0n) is 10.7. The molecule has 1 aromatic carbocycles. The van der Waals surface area contributed by atoms with E-state index < -0.39 is 0 Å². The fourth-order valence-electron chi connectivity index (χ4n) is 1.49. The highest BCUT2D eigenvalue weighted by Crippen LogP contribution is 2.05. The van der Waals surface area contributed by atoms with Crippen molar-refractivity contribution >= 4 is 23.3 Å². The summed E-state index contributed by atoms with van der Waals surface area (Å²) >= 11 is 5.25. The van der Waals surface area contributed by atoms with E-state index in [0.717, 1.165) is 12.1 Å². The molecular formula is C13H18N2O2S. The van der Waals surface area contributed by atoms with Crippen molar-refractivity contribution in [2.24, 2.45) is 0 Å². The Hall–Kier alpha value is -1.62. The van der Waals surface area contributed by atoms with E-state index in [2.05, 4.69) is 10.1 Å². The number of carbonyl (C=O) groups is 1. The molecule has 0 bridgehead atoms. The summed E-state index contributed by atoms with van der Waals surface area (Å²) in [5.41, 5.74) is 1.10. The molecule has 0 saturated carbocycles. The molecule has 0 aliphatic carbocycles. The van der Waals surface area contributed by atoms with Crippen molar-refractivity contribution in [1.29, 1.82) is 0 Å². The van der Waals surface area contributed by atoms with E-state index in [4.69, 9.17) is 12.2 Å². The minimum atomic E-state index is -0.300. The van der Waals surface area contributed by atoms with Gasteiger partial charge in [-0.15, -0.1) is 0 Å². The number of esters is 1. The van der Waals surface area contributed by atoms with Crippen molar-refractivity contribution in [2.75, 3.05) is 20.2 Å². The van der Waals surface area contributed by atoms with Crippen LogP contribution in [0.25, 0.3) is 0 Å². The molecule has 18 heavy (non-hydrogen) atoms. The van der Waals surface area contributed by atoms with Gasteiger partial charge in [-0.3, -0.25) is 4.79 Å². The van der Waals surface area contributed by atoms with Crippen LogP contribution >= 0.6 is 12.2 Å². The lowest BCUT2D eigenvalue weighted by molar-refractivity contribution is -0.141. The Labute approximate surface area is 113 Å². The Balaban J connectivity index is 2.71. The van der Waals surface area contributed by atoms with Gasteiger partial charge in [0.25, 0.3) is 0 Å². The molecule has 0 aliphatic rings. The summed E-state index contributed by atoms with van der Waals surface area (Å²) in [6, 6.07) is 9.87. The minimum Gasteiger partial charge on any atom is -0.468 e. The SMILES string of the molecule is CCNC(=S)N(CC(=O)OC)Cc1ccccc1. The Kier molecular flexibility index (Phi) is 6.14. The summed E-state index contributed by atoms with van der Waals surface area (Å²) in [6.45, 7) is 3.43. The third-order valence-electron chi connectivity index (χ3n) is 2.38. The molecule has 0 spiro atoms. The van der Waals surface area contributed by atoms with Gasteiger partial charge in [0.2, 0.25) is 0 Å². The Morgan fingerprint density at radius 3 is 2.61 bits per heavy atom. The van der Waals surface area contributed by atoms with Crippen LogP contribution in [-0.4, -0.2) is 36.2 Å². The van der Waals surface area contributed by atoms with Crippen molar-refractivity contribution in [3.63, 3.8) is 0 Å². The number of thiocarbonyl (C=S) groups is 1. The molecule has 0 atom stereocenters. The number of benzene rings is 1. The van der Waals surface area contributed by atoms with Gasteiger partial charge in [0.1, 0.15) is 6.54 Å². The van der Waals surface area contributed by atoms with Gasteiger partial charge in [0.15, 0.2) is 5.11 Å². The first kappa shape index (κ1) is 14.4. The van der Waals surface area contributed by atoms with Crippen LogP contribution in [0.1, 0.15) is 12.5 Å². The second-order valence-corrected chi connectivity index (χ2v) is 4.14. The standard InChI is InChI=1S/C13H18N2O2S/c1-3-14-13(18)15(10-12(16)17-2)9-11-7-5-4-6-8-11/h4-8H,3,9-10H2,1-2H3,(H,14,18). The van der Waals surface area contributed by atoms with E-state index in [0.29, 0.717) is 11.7 Å². The summed E-state index contributed by atoms with van der Waals surface area (Å²) < 4.78 is 4.68. The number of nitrogens with zero attached hydrogens (tertiary/aromatic N) is 1. The Morgan fingerprint density at radius 1 is 1.39 bits per heavy atom. The summed E-state index contributed by atoms with van der Waals surface area (Å²) in [6.07, 6.45) is 0. The van der Waals surface area contributed by atoms with Crippen LogP contribution in [0.2, 0.25) is 0 Å². The van der Waals surface area contributed by atoms with E-state index in [1.165, 1.54) is 7.11 Å². The molecule has 0 fully saturated rings. The highest BCUT2D eigenvalue weighted by Gasteiger charge is 2.14. The molecule has 5 heteroatoms. The number of hydrogen-bond donors (Lipinski definition) is 1. The first-order chi connectivity index (χ1) is 8.67. The van der Waals surface area contributed by atoms with Gasteiger partial charge in [-0.25, -0.2) is 0 Å². The lowest BCUT2D eigenvalue weighted by Crippen LogP contribution is -2.42. The molecule has 0 aromatic heterocycles. The van der Waals surface area contributed by atoms with Crippen molar-refractivity contribution in [3.8, 4) is 0 Å². The van der Waals surface area contributed by atoms with Crippen LogP contribution < -0.4 is 5.32 Å². The van der Waals surface area contributed by atoms with Crippen molar-refractivity contribution < 1.29 is 9.53 Å². The summed E-state index contributed by atoms with van der Waals surface area (Å²) in [7, 11) is 1.37. The third-order valence-corrected chi connectivity index (χ3v) is 2.78. The molecule has 4 nitrogen and oxygen atoms in total. The van der Waals surface area contributed by atoms with Crippen molar-refractivity contribution in [2.45, 2.75) is 13.5 Å². The molecule has 0 heterocycles. The lowest BCUT2D eigenvalue weighted by Gasteiger charge is -2.24. The molecule has 98 valence electrons. The monoisotopic (exact) mass is 266 g/mol. The highest BCUT2D eigenvalue weighted by atomic mass is 32.1. The van der Waals surface area contributed by atoms with Gasteiger partial charge in [0, 0.05) is 13.1 Å². The molecule has 0 aliphatic heterocycles. The molecule has 1 aromatic rings. The van der Waals surface area contributed by atoms with E-state index >= 15 is 0 Å². The maximum absolute atomic E-state index is 11.4. The summed E-state index contributed by atoms with van der Waals surface area (Å²) in [4.78, 5) is 13.2. The second-order valence-electron chi connectivity index (χ2n) is 3.75. The lowest BCUT2D eigenvalue weighted by atomic mass is 10.2. The summed E-state index contributed by atoms with van der Waals surface area (Å²) in [5.74, 6) is -0.300. The largest absolute Gasteiger partial charge is 0.468 e. The predicted octanol–water partition coefficient (Wildman–Crippen LogP) is 1.56. The molecule has 1 rings (SSSR count). The normalized spacial score (nSPS) is 9.67. The van der Waals surface area contributed by atoms with Gasteiger partial charge >= 0.3 is 5.97 Å². The highest BCUT2D eigenvalue weighted by molar-refractivity contribution is 7.80. The number of nitrogens with one attached hydrogen (secondary N) is 1. The van der Waals surface area contributed by atoms with Gasteiger partial charge < -0.3 is 15.0 Å². The van der Waals surface area contributed by atoms with Crippen LogP contribution in [0.4, 0.5) is 0 Å². The number of methoxy groups -OCH3 is 1. The fourth-order valence-corrected chi connectivity index (χ4v) is 1.76. The van der Waals surface area contributed by atoms with E-state index in [1.54, 1.807) is 4.90 Å².